The number of nitrogens with zero attached hydrogens (tertiary/aromatic N) is 2. The van der Waals surface area contributed by atoms with E-state index >= 15 is 0 Å². The van der Waals surface area contributed by atoms with Crippen molar-refractivity contribution >= 4 is 5.82 Å². The second-order valence-corrected chi connectivity index (χ2v) is 3.28. The lowest BCUT2D eigenvalue weighted by Crippen LogP contribution is -1.96. The molecule has 0 radical (unpaired) electrons. The Hall–Kier alpha value is -1.75. The van der Waals surface area contributed by atoms with Gasteiger partial charge in [0.2, 0.25) is 0 Å². The van der Waals surface area contributed by atoms with Crippen LogP contribution in [0.2, 0.25) is 0 Å². The molecule has 0 atom stereocenters. The van der Waals surface area contributed by atoms with Crippen molar-refractivity contribution in [1.29, 1.82) is 0 Å². The van der Waals surface area contributed by atoms with E-state index in [1.54, 1.807) is 24.9 Å². The summed E-state index contributed by atoms with van der Waals surface area (Å²) in [5.74, 6) is 2.08. The number of rotatable bonds is 3. The number of nitrogen functional groups attached to an aromatic ring is 1. The zero-order valence-corrected chi connectivity index (χ0v) is 8.73. The van der Waals surface area contributed by atoms with Gasteiger partial charge in [-0.05, 0) is 12.1 Å². The number of aryl methyl sites for hydroxylation is 1. The molecule has 2 aromatic rings. The summed E-state index contributed by atoms with van der Waals surface area (Å²) in [7, 11) is 3.42. The number of furan rings is 1. The molecule has 15 heavy (non-hydrogen) atoms. The third kappa shape index (κ3) is 1.87. The number of hydrogen-bond acceptors (Lipinski definition) is 4. The maximum Gasteiger partial charge on any atom is 0.154 e. The summed E-state index contributed by atoms with van der Waals surface area (Å²) in [4.78, 5) is 0. The van der Waals surface area contributed by atoms with E-state index in [9.17, 15) is 0 Å². The Morgan fingerprint density at radius 2 is 2.33 bits per heavy atom. The van der Waals surface area contributed by atoms with Gasteiger partial charge >= 0.3 is 0 Å². The number of aromatic nitrogens is 2. The Labute approximate surface area is 87.4 Å². The molecule has 0 aliphatic heterocycles. The fourth-order valence-electron chi connectivity index (χ4n) is 1.34. The molecule has 0 fully saturated rings. The van der Waals surface area contributed by atoms with Crippen LogP contribution in [-0.4, -0.2) is 16.9 Å². The smallest absolute Gasteiger partial charge is 0.154 e. The monoisotopic (exact) mass is 207 g/mol. The van der Waals surface area contributed by atoms with Crippen LogP contribution in [0.1, 0.15) is 5.76 Å². The van der Waals surface area contributed by atoms with Crippen LogP contribution in [0.25, 0.3) is 11.5 Å². The van der Waals surface area contributed by atoms with Crippen molar-refractivity contribution < 1.29 is 9.15 Å². The fourth-order valence-corrected chi connectivity index (χ4v) is 1.34. The average Bonchev–Trinajstić information content (AvgIpc) is 2.76. The van der Waals surface area contributed by atoms with Crippen LogP contribution in [0.4, 0.5) is 5.82 Å². The highest BCUT2D eigenvalue weighted by atomic mass is 16.5. The maximum atomic E-state index is 5.68. The standard InChI is InChI=1S/C10H13N3O2/c1-13-10(11)5-8(12-13)9-4-3-7(15-9)6-14-2/h3-5H,6,11H2,1-2H3. The summed E-state index contributed by atoms with van der Waals surface area (Å²) in [5, 5.41) is 4.21. The van der Waals surface area contributed by atoms with Crippen molar-refractivity contribution in [3.63, 3.8) is 0 Å². The molecular weight excluding hydrogens is 194 g/mol. The Kier molecular flexibility index (Phi) is 2.47. The van der Waals surface area contributed by atoms with E-state index in [2.05, 4.69) is 5.10 Å². The topological polar surface area (TPSA) is 66.2 Å². The molecule has 2 N–H and O–H groups in total. The molecule has 2 rings (SSSR count). The number of hydrogen-bond donors (Lipinski definition) is 1. The first-order valence-corrected chi connectivity index (χ1v) is 4.58. The van der Waals surface area contributed by atoms with Gasteiger partial charge in [-0.15, -0.1) is 0 Å². The SMILES string of the molecule is COCc1ccc(-c2cc(N)n(C)n2)o1. The van der Waals surface area contributed by atoms with E-state index in [1.165, 1.54) is 0 Å². The van der Waals surface area contributed by atoms with Gasteiger partial charge in [-0.1, -0.05) is 0 Å². The van der Waals surface area contributed by atoms with Gasteiger partial charge in [0.1, 0.15) is 23.9 Å². The van der Waals surface area contributed by atoms with Crippen LogP contribution >= 0.6 is 0 Å². The van der Waals surface area contributed by atoms with Gasteiger partial charge in [0.05, 0.1) is 0 Å². The second kappa shape index (κ2) is 3.78. The van der Waals surface area contributed by atoms with Crippen LogP contribution < -0.4 is 5.73 Å². The van der Waals surface area contributed by atoms with Gasteiger partial charge in [-0.2, -0.15) is 5.10 Å². The lowest BCUT2D eigenvalue weighted by Gasteiger charge is -1.92. The summed E-state index contributed by atoms with van der Waals surface area (Å²) in [6, 6.07) is 5.50. The van der Waals surface area contributed by atoms with E-state index in [0.717, 1.165) is 11.5 Å². The number of ether oxygens (including phenoxy) is 1. The van der Waals surface area contributed by atoms with E-state index in [0.29, 0.717) is 18.2 Å². The van der Waals surface area contributed by atoms with Crippen molar-refractivity contribution in [3.8, 4) is 11.5 Å². The summed E-state index contributed by atoms with van der Waals surface area (Å²) in [5.41, 5.74) is 6.41. The Bertz CT molecular complexity index is 439. The van der Waals surface area contributed by atoms with E-state index in [-0.39, 0.29) is 0 Å². The first-order valence-electron chi connectivity index (χ1n) is 4.58. The molecule has 0 aliphatic carbocycles. The van der Waals surface area contributed by atoms with Crippen molar-refractivity contribution in [3.05, 3.63) is 24.0 Å². The van der Waals surface area contributed by atoms with Gasteiger partial charge in [-0.25, -0.2) is 0 Å². The van der Waals surface area contributed by atoms with Crippen LogP contribution in [-0.2, 0) is 18.4 Å². The minimum Gasteiger partial charge on any atom is -0.457 e. The third-order valence-corrected chi connectivity index (χ3v) is 2.12. The predicted octanol–water partition coefficient (Wildman–Crippen LogP) is 1.41. The molecule has 5 nitrogen and oxygen atoms in total. The van der Waals surface area contributed by atoms with Crippen LogP contribution in [0.15, 0.2) is 22.6 Å². The summed E-state index contributed by atoms with van der Waals surface area (Å²) in [6.07, 6.45) is 0. The molecule has 0 saturated carbocycles. The second-order valence-electron chi connectivity index (χ2n) is 3.28. The average molecular weight is 207 g/mol. The summed E-state index contributed by atoms with van der Waals surface area (Å²) in [6.45, 7) is 0.461. The van der Waals surface area contributed by atoms with E-state index < -0.39 is 0 Å². The largest absolute Gasteiger partial charge is 0.457 e. The van der Waals surface area contributed by atoms with Crippen LogP contribution in [0, 0.1) is 0 Å². The first kappa shape index (κ1) is 9.79. The third-order valence-electron chi connectivity index (χ3n) is 2.12. The number of anilines is 1. The molecule has 0 unspecified atom stereocenters. The van der Waals surface area contributed by atoms with Crippen molar-refractivity contribution in [2.75, 3.05) is 12.8 Å². The molecule has 0 amide bonds. The molecule has 0 saturated heterocycles. The lowest BCUT2D eigenvalue weighted by molar-refractivity contribution is 0.165. The minimum atomic E-state index is 0.461. The molecule has 2 heterocycles. The fraction of sp³-hybridized carbons (Fsp3) is 0.300. The molecular formula is C10H13N3O2. The van der Waals surface area contributed by atoms with Crippen LogP contribution in [0.3, 0.4) is 0 Å². The molecule has 2 aromatic heterocycles. The van der Waals surface area contributed by atoms with Crippen molar-refractivity contribution in [2.45, 2.75) is 6.61 Å². The quantitative estimate of drug-likeness (QED) is 0.826. The molecule has 80 valence electrons. The summed E-state index contributed by atoms with van der Waals surface area (Å²) >= 11 is 0. The zero-order chi connectivity index (χ0) is 10.8. The van der Waals surface area contributed by atoms with Gasteiger partial charge in [0.15, 0.2) is 5.76 Å². The Balaban J connectivity index is 2.28. The van der Waals surface area contributed by atoms with E-state index in [4.69, 9.17) is 14.9 Å². The minimum absolute atomic E-state index is 0.461. The van der Waals surface area contributed by atoms with Crippen molar-refractivity contribution in [1.82, 2.24) is 9.78 Å². The van der Waals surface area contributed by atoms with Gasteiger partial charge in [0, 0.05) is 20.2 Å². The highest BCUT2D eigenvalue weighted by molar-refractivity contribution is 5.56. The van der Waals surface area contributed by atoms with Gasteiger partial charge < -0.3 is 14.9 Å². The normalized spacial score (nSPS) is 10.8. The predicted molar refractivity (Wildman–Crippen MR) is 56.0 cm³/mol. The Morgan fingerprint density at radius 1 is 1.53 bits per heavy atom. The van der Waals surface area contributed by atoms with Crippen LogP contribution in [0.5, 0.6) is 0 Å². The van der Waals surface area contributed by atoms with Crippen molar-refractivity contribution in [2.24, 2.45) is 7.05 Å². The first-order chi connectivity index (χ1) is 7.20. The summed E-state index contributed by atoms with van der Waals surface area (Å²) < 4.78 is 12.1. The molecule has 0 bridgehead atoms. The van der Waals surface area contributed by atoms with Gasteiger partial charge in [0.25, 0.3) is 0 Å². The number of nitrogens with two attached hydrogens (primary N) is 1. The zero-order valence-electron chi connectivity index (χ0n) is 8.73. The molecule has 0 aliphatic rings. The molecule has 5 heteroatoms. The van der Waals surface area contributed by atoms with E-state index in [1.807, 2.05) is 12.1 Å². The lowest BCUT2D eigenvalue weighted by atomic mass is 10.3. The highest BCUT2D eigenvalue weighted by Gasteiger charge is 2.09. The maximum absolute atomic E-state index is 5.68. The molecule has 0 spiro atoms. The molecule has 0 aromatic carbocycles. The highest BCUT2D eigenvalue weighted by Crippen LogP contribution is 2.22. The number of methoxy groups -OCH3 is 1. The Morgan fingerprint density at radius 3 is 2.93 bits per heavy atom. The van der Waals surface area contributed by atoms with Gasteiger partial charge in [-0.3, -0.25) is 4.68 Å².